The van der Waals surface area contributed by atoms with E-state index in [9.17, 15) is 13.2 Å². The average Bonchev–Trinajstić information content (AvgIpc) is 2.65. The Kier molecular flexibility index (Phi) is 5.72. The molecule has 0 unspecified atom stereocenters. The number of hydrogen-bond acceptors (Lipinski definition) is 3. The number of benzene rings is 3. The standard InChI is InChI=1S/C21H19ClN2O3S/c1-14-7-11-17(12-8-14)24-28(26,27)20-13-16(10-9-15(20)2)21(25)23-19-6-4-3-5-18(19)22/h3-13,24H,1-2H3,(H,23,25). The third-order valence-corrected chi connectivity index (χ3v) is 6.02. The maximum atomic E-state index is 12.8. The monoisotopic (exact) mass is 414 g/mol. The molecule has 0 radical (unpaired) electrons. The van der Waals surface area contributed by atoms with Crippen LogP contribution in [0.2, 0.25) is 5.02 Å². The second-order valence-corrected chi connectivity index (χ2v) is 8.44. The highest BCUT2D eigenvalue weighted by molar-refractivity contribution is 7.92. The average molecular weight is 415 g/mol. The van der Waals surface area contributed by atoms with Crippen molar-refractivity contribution < 1.29 is 13.2 Å². The van der Waals surface area contributed by atoms with Crippen LogP contribution in [0.15, 0.2) is 71.6 Å². The molecule has 0 saturated heterocycles. The zero-order chi connectivity index (χ0) is 20.3. The summed E-state index contributed by atoms with van der Waals surface area (Å²) in [5, 5.41) is 3.09. The van der Waals surface area contributed by atoms with Gasteiger partial charge in [0.15, 0.2) is 0 Å². The molecule has 0 saturated carbocycles. The number of aryl methyl sites for hydroxylation is 2. The Labute approximate surface area is 169 Å². The molecule has 0 aliphatic carbocycles. The van der Waals surface area contributed by atoms with E-state index in [2.05, 4.69) is 10.0 Å². The quantitative estimate of drug-likeness (QED) is 0.616. The second kappa shape index (κ2) is 8.04. The zero-order valence-corrected chi connectivity index (χ0v) is 16.9. The van der Waals surface area contributed by atoms with Crippen molar-refractivity contribution in [2.24, 2.45) is 0 Å². The van der Waals surface area contributed by atoms with Gasteiger partial charge in [0.05, 0.1) is 15.6 Å². The number of nitrogens with one attached hydrogen (secondary N) is 2. The summed E-state index contributed by atoms with van der Waals surface area (Å²) in [6, 6.07) is 18.4. The fraction of sp³-hybridized carbons (Fsp3) is 0.0952. The minimum atomic E-state index is -3.85. The van der Waals surface area contributed by atoms with Crippen LogP contribution in [0.4, 0.5) is 11.4 Å². The maximum absolute atomic E-state index is 12.8. The minimum Gasteiger partial charge on any atom is -0.321 e. The summed E-state index contributed by atoms with van der Waals surface area (Å²) in [5.74, 6) is -0.445. The molecule has 0 bridgehead atoms. The Morgan fingerprint density at radius 1 is 0.929 bits per heavy atom. The molecule has 2 N–H and O–H groups in total. The molecule has 5 nitrogen and oxygen atoms in total. The Morgan fingerprint density at radius 3 is 2.29 bits per heavy atom. The lowest BCUT2D eigenvalue weighted by Crippen LogP contribution is -2.17. The lowest BCUT2D eigenvalue weighted by molar-refractivity contribution is 0.102. The fourth-order valence-electron chi connectivity index (χ4n) is 2.62. The number of sulfonamides is 1. The van der Waals surface area contributed by atoms with Gasteiger partial charge in [-0.1, -0.05) is 47.5 Å². The van der Waals surface area contributed by atoms with Gasteiger partial charge in [-0.15, -0.1) is 0 Å². The first-order valence-corrected chi connectivity index (χ1v) is 10.4. The zero-order valence-electron chi connectivity index (χ0n) is 15.4. The normalized spacial score (nSPS) is 11.1. The molecule has 28 heavy (non-hydrogen) atoms. The van der Waals surface area contributed by atoms with E-state index in [0.717, 1.165) is 5.56 Å². The number of amides is 1. The number of anilines is 2. The van der Waals surface area contributed by atoms with Gasteiger partial charge >= 0.3 is 0 Å². The topological polar surface area (TPSA) is 75.3 Å². The second-order valence-electron chi connectivity index (χ2n) is 6.39. The van der Waals surface area contributed by atoms with E-state index in [4.69, 9.17) is 11.6 Å². The summed E-state index contributed by atoms with van der Waals surface area (Å²) >= 11 is 6.07. The van der Waals surface area contributed by atoms with Gasteiger partial charge < -0.3 is 5.32 Å². The van der Waals surface area contributed by atoms with E-state index in [1.54, 1.807) is 55.5 Å². The number of rotatable bonds is 5. The van der Waals surface area contributed by atoms with Crippen molar-refractivity contribution in [1.82, 2.24) is 0 Å². The summed E-state index contributed by atoms with van der Waals surface area (Å²) in [5.41, 5.74) is 2.69. The predicted octanol–water partition coefficient (Wildman–Crippen LogP) is 5.01. The van der Waals surface area contributed by atoms with E-state index < -0.39 is 15.9 Å². The Hall–Kier alpha value is -2.83. The smallest absolute Gasteiger partial charge is 0.262 e. The molecule has 3 aromatic rings. The van der Waals surface area contributed by atoms with Crippen molar-refractivity contribution in [3.8, 4) is 0 Å². The molecule has 0 spiro atoms. The van der Waals surface area contributed by atoms with Crippen LogP contribution in [-0.4, -0.2) is 14.3 Å². The molecule has 3 rings (SSSR count). The van der Waals surface area contributed by atoms with Crippen molar-refractivity contribution in [2.45, 2.75) is 18.7 Å². The maximum Gasteiger partial charge on any atom is 0.262 e. The Balaban J connectivity index is 1.89. The molecule has 0 fully saturated rings. The molecule has 0 atom stereocenters. The molecule has 0 aliphatic rings. The van der Waals surface area contributed by atoms with Crippen LogP contribution in [0.25, 0.3) is 0 Å². The van der Waals surface area contributed by atoms with E-state index in [-0.39, 0.29) is 10.5 Å². The first kappa shape index (κ1) is 19.9. The molecule has 1 amide bonds. The van der Waals surface area contributed by atoms with Gasteiger partial charge in [-0.2, -0.15) is 0 Å². The largest absolute Gasteiger partial charge is 0.321 e. The van der Waals surface area contributed by atoms with Crippen LogP contribution in [-0.2, 0) is 10.0 Å². The highest BCUT2D eigenvalue weighted by Crippen LogP contribution is 2.24. The molecule has 3 aromatic carbocycles. The van der Waals surface area contributed by atoms with Gasteiger partial charge in [-0.25, -0.2) is 8.42 Å². The number of para-hydroxylation sites is 1. The van der Waals surface area contributed by atoms with Crippen LogP contribution < -0.4 is 10.0 Å². The van der Waals surface area contributed by atoms with Gasteiger partial charge in [0.1, 0.15) is 0 Å². The van der Waals surface area contributed by atoms with Gasteiger partial charge in [-0.05, 0) is 55.8 Å². The highest BCUT2D eigenvalue weighted by atomic mass is 35.5. The summed E-state index contributed by atoms with van der Waals surface area (Å²) in [6.07, 6.45) is 0. The lowest BCUT2D eigenvalue weighted by atomic mass is 10.1. The van der Waals surface area contributed by atoms with Crippen LogP contribution in [0.1, 0.15) is 21.5 Å². The molecule has 144 valence electrons. The molecule has 7 heteroatoms. The highest BCUT2D eigenvalue weighted by Gasteiger charge is 2.19. The van der Waals surface area contributed by atoms with Gasteiger partial charge in [-0.3, -0.25) is 9.52 Å². The first-order valence-electron chi connectivity index (χ1n) is 8.52. The fourth-order valence-corrected chi connectivity index (χ4v) is 4.13. The summed E-state index contributed by atoms with van der Waals surface area (Å²) in [4.78, 5) is 12.6. The SMILES string of the molecule is Cc1ccc(NS(=O)(=O)c2cc(C(=O)Nc3ccccc3Cl)ccc2C)cc1. The number of carbonyl (C=O) groups is 1. The van der Waals surface area contributed by atoms with Crippen LogP contribution in [0, 0.1) is 13.8 Å². The van der Waals surface area contributed by atoms with Gasteiger partial charge in [0.25, 0.3) is 15.9 Å². The number of carbonyl (C=O) groups excluding carboxylic acids is 1. The summed E-state index contributed by atoms with van der Waals surface area (Å²) in [7, 11) is -3.85. The number of halogens is 1. The summed E-state index contributed by atoms with van der Waals surface area (Å²) in [6.45, 7) is 3.60. The van der Waals surface area contributed by atoms with Crippen molar-refractivity contribution in [3.05, 3.63) is 88.4 Å². The van der Waals surface area contributed by atoms with Crippen molar-refractivity contribution in [2.75, 3.05) is 10.0 Å². The first-order chi connectivity index (χ1) is 13.3. The molecular formula is C21H19ClN2O3S. The van der Waals surface area contributed by atoms with Crippen molar-refractivity contribution >= 4 is 38.9 Å². The van der Waals surface area contributed by atoms with Crippen molar-refractivity contribution in [3.63, 3.8) is 0 Å². The van der Waals surface area contributed by atoms with Gasteiger partial charge in [0, 0.05) is 11.3 Å². The molecule has 0 aromatic heterocycles. The molecule has 0 heterocycles. The van der Waals surface area contributed by atoms with E-state index in [1.807, 2.05) is 19.1 Å². The third-order valence-electron chi connectivity index (χ3n) is 4.17. The Morgan fingerprint density at radius 2 is 1.61 bits per heavy atom. The molecular weight excluding hydrogens is 396 g/mol. The van der Waals surface area contributed by atoms with Crippen molar-refractivity contribution in [1.29, 1.82) is 0 Å². The van der Waals surface area contributed by atoms with Crippen LogP contribution >= 0.6 is 11.6 Å². The summed E-state index contributed by atoms with van der Waals surface area (Å²) < 4.78 is 28.2. The van der Waals surface area contributed by atoms with E-state index in [1.165, 1.54) is 6.07 Å². The predicted molar refractivity (Wildman–Crippen MR) is 113 cm³/mol. The molecule has 0 aliphatic heterocycles. The van der Waals surface area contributed by atoms with Crippen LogP contribution in [0.5, 0.6) is 0 Å². The number of hydrogen-bond donors (Lipinski definition) is 2. The van der Waals surface area contributed by atoms with E-state index >= 15 is 0 Å². The minimum absolute atomic E-state index is 0.0416. The Bertz CT molecular complexity index is 1130. The lowest BCUT2D eigenvalue weighted by Gasteiger charge is -2.13. The van der Waals surface area contributed by atoms with Gasteiger partial charge in [0.2, 0.25) is 0 Å². The van der Waals surface area contributed by atoms with Crippen LogP contribution in [0.3, 0.4) is 0 Å². The van der Waals surface area contributed by atoms with E-state index in [0.29, 0.717) is 22.0 Å². The third kappa shape index (κ3) is 4.52.